The van der Waals surface area contributed by atoms with Gasteiger partial charge in [0, 0.05) is 16.8 Å². The van der Waals surface area contributed by atoms with E-state index in [1.165, 1.54) is 12.0 Å². The average Bonchev–Trinajstić information content (AvgIpc) is 3.24. The van der Waals surface area contributed by atoms with E-state index in [-0.39, 0.29) is 5.91 Å². The van der Waals surface area contributed by atoms with Gasteiger partial charge in [0.2, 0.25) is 0 Å². The first-order valence-electron chi connectivity index (χ1n) is 11.4. The zero-order valence-corrected chi connectivity index (χ0v) is 21.5. The summed E-state index contributed by atoms with van der Waals surface area (Å²) in [5, 5.41) is 4.50. The number of fused-ring (bicyclic) bond motifs is 1. The smallest absolute Gasteiger partial charge is 0.255 e. The summed E-state index contributed by atoms with van der Waals surface area (Å²) in [4.78, 5) is 17.5. The maximum Gasteiger partial charge on any atom is 0.255 e. The van der Waals surface area contributed by atoms with Gasteiger partial charge >= 0.3 is 0 Å². The second-order valence-electron chi connectivity index (χ2n) is 8.20. The van der Waals surface area contributed by atoms with Crippen molar-refractivity contribution in [3.05, 3.63) is 75.8 Å². The van der Waals surface area contributed by atoms with E-state index in [1.54, 1.807) is 23.5 Å². The van der Waals surface area contributed by atoms with E-state index >= 15 is 0 Å². The molecule has 0 fully saturated rings. The summed E-state index contributed by atoms with van der Waals surface area (Å²) in [6.07, 6.45) is 4.38. The third-order valence-electron chi connectivity index (χ3n) is 5.44. The summed E-state index contributed by atoms with van der Waals surface area (Å²) in [7, 11) is 0. The van der Waals surface area contributed by atoms with E-state index in [2.05, 4.69) is 31.3 Å². The van der Waals surface area contributed by atoms with Gasteiger partial charge in [-0.1, -0.05) is 55.5 Å². The highest BCUT2D eigenvalue weighted by atomic mass is 35.5. The van der Waals surface area contributed by atoms with Gasteiger partial charge in [-0.25, -0.2) is 4.98 Å². The third kappa shape index (κ3) is 5.90. The molecule has 0 radical (unpaired) electrons. The zero-order chi connectivity index (χ0) is 24.1. The van der Waals surface area contributed by atoms with Gasteiger partial charge in [-0.3, -0.25) is 4.79 Å². The fraction of sp³-hybridized carbons (Fsp3) is 0.259. The van der Waals surface area contributed by atoms with Crippen LogP contribution in [0.2, 0.25) is 10.0 Å². The minimum absolute atomic E-state index is 0.290. The van der Waals surface area contributed by atoms with Crippen LogP contribution in [0.4, 0.5) is 5.69 Å². The SMILES string of the molecule is CCCCCCOc1c(Cl)cc(C(=O)Nc2ccc(-c3nc4ccc(C)cc4s3)cc2)cc1Cl. The van der Waals surface area contributed by atoms with Crippen molar-refractivity contribution in [3.8, 4) is 16.3 Å². The highest BCUT2D eigenvalue weighted by molar-refractivity contribution is 7.21. The first-order valence-corrected chi connectivity index (χ1v) is 12.9. The molecule has 0 unspecified atom stereocenters. The van der Waals surface area contributed by atoms with E-state index in [0.29, 0.717) is 33.7 Å². The molecule has 4 nitrogen and oxygen atoms in total. The number of benzene rings is 3. The number of anilines is 1. The first-order chi connectivity index (χ1) is 16.4. The molecule has 176 valence electrons. The molecule has 0 atom stereocenters. The Kier molecular flexibility index (Phi) is 8.09. The average molecular weight is 513 g/mol. The topological polar surface area (TPSA) is 51.2 Å². The predicted molar refractivity (Wildman–Crippen MR) is 144 cm³/mol. The third-order valence-corrected chi connectivity index (χ3v) is 7.07. The minimum Gasteiger partial charge on any atom is -0.490 e. The van der Waals surface area contributed by atoms with Crippen LogP contribution in [0.1, 0.15) is 48.5 Å². The molecule has 1 amide bonds. The fourth-order valence-corrected chi connectivity index (χ4v) is 5.25. The molecule has 1 heterocycles. The number of thiazole rings is 1. The molecular formula is C27H26Cl2N2O2S. The van der Waals surface area contributed by atoms with Gasteiger partial charge in [-0.2, -0.15) is 0 Å². The quantitative estimate of drug-likeness (QED) is 0.228. The van der Waals surface area contributed by atoms with Crippen LogP contribution in [0.15, 0.2) is 54.6 Å². The van der Waals surface area contributed by atoms with Crippen LogP contribution in [0.5, 0.6) is 5.75 Å². The number of carbonyl (C=O) groups is 1. The highest BCUT2D eigenvalue weighted by Crippen LogP contribution is 2.35. The summed E-state index contributed by atoms with van der Waals surface area (Å²) >= 11 is 14.4. The first kappa shape index (κ1) is 24.5. The molecule has 0 spiro atoms. The van der Waals surface area contributed by atoms with Gasteiger partial charge in [-0.05, 0) is 67.4 Å². The van der Waals surface area contributed by atoms with E-state index in [9.17, 15) is 4.79 Å². The Bertz CT molecular complexity index is 1280. The summed E-state index contributed by atoms with van der Waals surface area (Å²) < 4.78 is 6.91. The van der Waals surface area contributed by atoms with Crippen LogP contribution in [-0.2, 0) is 0 Å². The Balaban J connectivity index is 1.42. The molecule has 4 rings (SSSR count). The second-order valence-corrected chi connectivity index (χ2v) is 10.0. The fourth-order valence-electron chi connectivity index (χ4n) is 3.59. The van der Waals surface area contributed by atoms with Gasteiger partial charge in [0.05, 0.1) is 26.9 Å². The molecule has 1 aromatic heterocycles. The van der Waals surface area contributed by atoms with Crippen LogP contribution >= 0.6 is 34.5 Å². The number of rotatable bonds is 9. The molecular weight excluding hydrogens is 487 g/mol. The van der Waals surface area contributed by atoms with E-state index < -0.39 is 0 Å². The number of aromatic nitrogens is 1. The van der Waals surface area contributed by atoms with Crippen molar-refractivity contribution in [2.24, 2.45) is 0 Å². The summed E-state index contributed by atoms with van der Waals surface area (Å²) in [5.41, 5.74) is 4.26. The van der Waals surface area contributed by atoms with E-state index in [4.69, 9.17) is 32.9 Å². The van der Waals surface area contributed by atoms with Gasteiger partial charge in [0.15, 0.2) is 5.75 Å². The van der Waals surface area contributed by atoms with Crippen molar-refractivity contribution in [1.82, 2.24) is 4.98 Å². The Morgan fingerprint density at radius 3 is 2.44 bits per heavy atom. The summed E-state index contributed by atoms with van der Waals surface area (Å²) in [5.74, 6) is 0.133. The Morgan fingerprint density at radius 1 is 1.00 bits per heavy atom. The molecule has 0 aliphatic heterocycles. The number of unbranched alkanes of at least 4 members (excludes halogenated alkanes) is 3. The summed E-state index contributed by atoms with van der Waals surface area (Å²) in [6, 6.07) is 17.1. The number of hydrogen-bond acceptors (Lipinski definition) is 4. The van der Waals surface area contributed by atoms with Crippen molar-refractivity contribution in [1.29, 1.82) is 0 Å². The van der Waals surface area contributed by atoms with E-state index in [0.717, 1.165) is 40.1 Å². The lowest BCUT2D eigenvalue weighted by Crippen LogP contribution is -2.12. The number of nitrogens with zero attached hydrogens (tertiary/aromatic N) is 1. The molecule has 4 aromatic rings. The van der Waals surface area contributed by atoms with Gasteiger partial charge in [0.25, 0.3) is 5.91 Å². The molecule has 3 aromatic carbocycles. The zero-order valence-electron chi connectivity index (χ0n) is 19.2. The number of halogens is 2. The van der Waals surface area contributed by atoms with Crippen LogP contribution in [-0.4, -0.2) is 17.5 Å². The molecule has 0 bridgehead atoms. The largest absolute Gasteiger partial charge is 0.490 e. The number of nitrogens with one attached hydrogen (secondary N) is 1. The normalized spacial score (nSPS) is 11.1. The number of ether oxygens (including phenoxy) is 1. The van der Waals surface area contributed by atoms with Crippen molar-refractivity contribution in [3.63, 3.8) is 0 Å². The van der Waals surface area contributed by atoms with Crippen LogP contribution < -0.4 is 10.1 Å². The lowest BCUT2D eigenvalue weighted by molar-refractivity contribution is 0.102. The highest BCUT2D eigenvalue weighted by Gasteiger charge is 2.15. The minimum atomic E-state index is -0.290. The van der Waals surface area contributed by atoms with Crippen molar-refractivity contribution >= 4 is 56.3 Å². The van der Waals surface area contributed by atoms with Gasteiger partial charge in [0.1, 0.15) is 5.01 Å². The standard InChI is InChI=1S/C27H26Cl2N2O2S/c1-3-4-5-6-13-33-25-21(28)15-19(16-22(25)29)26(32)30-20-10-8-18(9-11-20)27-31-23-12-7-17(2)14-24(23)34-27/h7-12,14-16H,3-6,13H2,1-2H3,(H,30,32). The van der Waals surface area contributed by atoms with Gasteiger partial charge < -0.3 is 10.1 Å². The van der Waals surface area contributed by atoms with Crippen LogP contribution in [0.25, 0.3) is 20.8 Å². The van der Waals surface area contributed by atoms with Crippen molar-refractivity contribution in [2.45, 2.75) is 39.5 Å². The maximum absolute atomic E-state index is 12.8. The Morgan fingerprint density at radius 2 is 1.74 bits per heavy atom. The van der Waals surface area contributed by atoms with E-state index in [1.807, 2.05) is 30.3 Å². The number of carbonyl (C=O) groups excluding carboxylic acids is 1. The van der Waals surface area contributed by atoms with Crippen molar-refractivity contribution in [2.75, 3.05) is 11.9 Å². The molecule has 0 aliphatic carbocycles. The second kappa shape index (κ2) is 11.2. The molecule has 1 N–H and O–H groups in total. The Labute approximate surface area is 213 Å². The number of amides is 1. The summed E-state index contributed by atoms with van der Waals surface area (Å²) in [6.45, 7) is 4.79. The molecule has 34 heavy (non-hydrogen) atoms. The number of aryl methyl sites for hydroxylation is 1. The number of hydrogen-bond donors (Lipinski definition) is 1. The predicted octanol–water partition coefficient (Wildman–Crippen LogP) is 8.79. The monoisotopic (exact) mass is 512 g/mol. The van der Waals surface area contributed by atoms with Crippen LogP contribution in [0.3, 0.4) is 0 Å². The van der Waals surface area contributed by atoms with Crippen molar-refractivity contribution < 1.29 is 9.53 Å². The lowest BCUT2D eigenvalue weighted by atomic mass is 10.1. The lowest BCUT2D eigenvalue weighted by Gasteiger charge is -2.12. The molecule has 0 aliphatic rings. The molecule has 0 saturated heterocycles. The maximum atomic E-state index is 12.8. The molecule has 7 heteroatoms. The Hall–Kier alpha value is -2.60. The molecule has 0 saturated carbocycles. The van der Waals surface area contributed by atoms with Gasteiger partial charge in [-0.15, -0.1) is 11.3 Å². The van der Waals surface area contributed by atoms with Crippen LogP contribution in [0, 0.1) is 6.92 Å².